The Morgan fingerprint density at radius 3 is 2.30 bits per heavy atom. The van der Waals surface area contributed by atoms with Crippen molar-refractivity contribution in [1.29, 1.82) is 0 Å². The summed E-state index contributed by atoms with van der Waals surface area (Å²) < 4.78 is 0. The summed E-state index contributed by atoms with van der Waals surface area (Å²) in [7, 11) is 1.77. The van der Waals surface area contributed by atoms with E-state index >= 15 is 0 Å². The highest BCUT2D eigenvalue weighted by atomic mass is 16.2. The molecule has 3 rings (SSSR count). The summed E-state index contributed by atoms with van der Waals surface area (Å²) in [6.45, 7) is 2.07. The molecule has 5 heteroatoms. The number of benzene rings is 2. The second kappa shape index (κ2) is 8.27. The smallest absolute Gasteiger partial charge is 0.255 e. The predicted octanol–water partition coefficient (Wildman–Crippen LogP) is 4.30. The number of rotatable bonds is 6. The van der Waals surface area contributed by atoms with E-state index in [4.69, 9.17) is 0 Å². The maximum absolute atomic E-state index is 12.7. The summed E-state index contributed by atoms with van der Waals surface area (Å²) in [5, 5.41) is 3.21. The lowest BCUT2D eigenvalue weighted by molar-refractivity contribution is 0.0784. The number of hydrogen-bond donors (Lipinski definition) is 1. The van der Waals surface area contributed by atoms with Crippen LogP contribution in [0.15, 0.2) is 73.1 Å². The minimum atomic E-state index is -0.0954. The SMILES string of the molecule is CC(=O)c1ccc(Nc2cncc(C(=O)N(C)Cc3ccccc3)c2)cc1. The number of amides is 1. The zero-order chi connectivity index (χ0) is 19.2. The third-order valence-corrected chi connectivity index (χ3v) is 4.17. The molecule has 0 unspecified atom stereocenters. The van der Waals surface area contributed by atoms with Gasteiger partial charge in [0.25, 0.3) is 5.91 Å². The molecular formula is C22H21N3O2. The third-order valence-electron chi connectivity index (χ3n) is 4.17. The summed E-state index contributed by atoms with van der Waals surface area (Å²) in [5.41, 5.74) is 3.78. The van der Waals surface area contributed by atoms with Crippen LogP contribution in [0.4, 0.5) is 11.4 Å². The number of ketones is 1. The van der Waals surface area contributed by atoms with E-state index in [0.29, 0.717) is 23.4 Å². The van der Waals surface area contributed by atoms with Crippen LogP contribution in [0.25, 0.3) is 0 Å². The largest absolute Gasteiger partial charge is 0.354 e. The van der Waals surface area contributed by atoms with Crippen molar-refractivity contribution in [2.45, 2.75) is 13.5 Å². The normalized spacial score (nSPS) is 10.3. The first-order chi connectivity index (χ1) is 13.0. The Morgan fingerprint density at radius 1 is 0.926 bits per heavy atom. The molecule has 136 valence electrons. The zero-order valence-corrected chi connectivity index (χ0v) is 15.3. The number of anilines is 2. The average Bonchev–Trinajstić information content (AvgIpc) is 2.69. The van der Waals surface area contributed by atoms with E-state index in [1.807, 2.05) is 42.5 Å². The topological polar surface area (TPSA) is 62.3 Å². The van der Waals surface area contributed by atoms with Crippen LogP contribution in [0.5, 0.6) is 0 Å². The summed E-state index contributed by atoms with van der Waals surface area (Å²) in [5.74, 6) is -0.0702. The average molecular weight is 359 g/mol. The van der Waals surface area contributed by atoms with Crippen LogP contribution < -0.4 is 5.32 Å². The van der Waals surface area contributed by atoms with Gasteiger partial charge in [0.2, 0.25) is 0 Å². The van der Waals surface area contributed by atoms with Gasteiger partial charge in [-0.25, -0.2) is 0 Å². The van der Waals surface area contributed by atoms with E-state index in [9.17, 15) is 9.59 Å². The molecule has 0 aliphatic carbocycles. The van der Waals surface area contributed by atoms with E-state index in [1.165, 1.54) is 6.92 Å². The lowest BCUT2D eigenvalue weighted by atomic mass is 10.1. The highest BCUT2D eigenvalue weighted by Crippen LogP contribution is 2.18. The van der Waals surface area contributed by atoms with Crippen LogP contribution in [0.3, 0.4) is 0 Å². The van der Waals surface area contributed by atoms with Crippen molar-refractivity contribution < 1.29 is 9.59 Å². The molecule has 0 saturated carbocycles. The Balaban J connectivity index is 1.70. The number of Topliss-reactive ketones (excluding diaryl/α,β-unsaturated/α-hetero) is 1. The lowest BCUT2D eigenvalue weighted by Crippen LogP contribution is -2.26. The molecule has 1 amide bonds. The van der Waals surface area contributed by atoms with Gasteiger partial charge in [0.1, 0.15) is 0 Å². The molecule has 3 aromatic rings. The first-order valence-corrected chi connectivity index (χ1v) is 8.65. The molecule has 5 nitrogen and oxygen atoms in total. The number of nitrogens with zero attached hydrogens (tertiary/aromatic N) is 2. The van der Waals surface area contributed by atoms with Gasteiger partial charge in [-0.1, -0.05) is 30.3 Å². The van der Waals surface area contributed by atoms with E-state index in [0.717, 1.165) is 11.3 Å². The van der Waals surface area contributed by atoms with Gasteiger partial charge in [0.15, 0.2) is 5.78 Å². The van der Waals surface area contributed by atoms with Crippen molar-refractivity contribution in [1.82, 2.24) is 9.88 Å². The Bertz CT molecular complexity index is 937. The van der Waals surface area contributed by atoms with Crippen LogP contribution >= 0.6 is 0 Å². The molecule has 0 saturated heterocycles. The van der Waals surface area contributed by atoms with Crippen LogP contribution in [-0.2, 0) is 6.54 Å². The Labute approximate surface area is 158 Å². The molecule has 0 radical (unpaired) electrons. The van der Waals surface area contributed by atoms with E-state index < -0.39 is 0 Å². The first-order valence-electron chi connectivity index (χ1n) is 8.65. The van der Waals surface area contributed by atoms with Crippen molar-refractivity contribution in [3.63, 3.8) is 0 Å². The minimum absolute atomic E-state index is 0.0252. The van der Waals surface area contributed by atoms with Gasteiger partial charge in [0, 0.05) is 31.0 Å². The van der Waals surface area contributed by atoms with Gasteiger partial charge in [-0.3, -0.25) is 14.6 Å². The maximum atomic E-state index is 12.7. The Hall–Kier alpha value is -3.47. The van der Waals surface area contributed by atoms with Crippen molar-refractivity contribution in [3.05, 3.63) is 89.7 Å². The van der Waals surface area contributed by atoms with Gasteiger partial charge in [-0.15, -0.1) is 0 Å². The number of carbonyl (C=O) groups excluding carboxylic acids is 2. The van der Waals surface area contributed by atoms with Crippen molar-refractivity contribution in [3.8, 4) is 0 Å². The molecule has 0 spiro atoms. The molecule has 27 heavy (non-hydrogen) atoms. The number of carbonyl (C=O) groups is 2. The fraction of sp³-hybridized carbons (Fsp3) is 0.136. The molecule has 0 bridgehead atoms. The molecule has 1 N–H and O–H groups in total. The van der Waals surface area contributed by atoms with Gasteiger partial charge in [0.05, 0.1) is 17.4 Å². The highest BCUT2D eigenvalue weighted by molar-refractivity contribution is 5.95. The number of aromatic nitrogens is 1. The fourth-order valence-corrected chi connectivity index (χ4v) is 2.73. The lowest BCUT2D eigenvalue weighted by Gasteiger charge is -2.17. The summed E-state index contributed by atoms with van der Waals surface area (Å²) in [4.78, 5) is 29.9. The van der Waals surface area contributed by atoms with Gasteiger partial charge >= 0.3 is 0 Å². The number of hydrogen-bond acceptors (Lipinski definition) is 4. The van der Waals surface area contributed by atoms with Crippen LogP contribution in [-0.4, -0.2) is 28.6 Å². The summed E-state index contributed by atoms with van der Waals surface area (Å²) in [6.07, 6.45) is 3.22. The van der Waals surface area contributed by atoms with Gasteiger partial charge in [-0.05, 0) is 42.8 Å². The van der Waals surface area contributed by atoms with Crippen molar-refractivity contribution in [2.75, 3.05) is 12.4 Å². The molecule has 0 fully saturated rings. The van der Waals surface area contributed by atoms with Crippen LogP contribution in [0, 0.1) is 0 Å². The maximum Gasteiger partial charge on any atom is 0.255 e. The number of nitrogens with one attached hydrogen (secondary N) is 1. The fourth-order valence-electron chi connectivity index (χ4n) is 2.73. The first kappa shape index (κ1) is 18.3. The Morgan fingerprint density at radius 2 is 1.63 bits per heavy atom. The molecule has 1 aromatic heterocycles. The van der Waals surface area contributed by atoms with E-state index in [-0.39, 0.29) is 11.7 Å². The van der Waals surface area contributed by atoms with Crippen molar-refractivity contribution in [2.24, 2.45) is 0 Å². The zero-order valence-electron chi connectivity index (χ0n) is 15.3. The van der Waals surface area contributed by atoms with Crippen LogP contribution in [0.2, 0.25) is 0 Å². The molecule has 0 aliphatic rings. The summed E-state index contributed by atoms with van der Waals surface area (Å²) in [6, 6.07) is 18.8. The number of pyridine rings is 1. The van der Waals surface area contributed by atoms with E-state index in [1.54, 1.807) is 42.5 Å². The predicted molar refractivity (Wildman–Crippen MR) is 106 cm³/mol. The molecule has 0 atom stereocenters. The standard InChI is InChI=1S/C22H21N3O2/c1-16(26)18-8-10-20(11-9-18)24-21-12-19(13-23-14-21)22(27)25(2)15-17-6-4-3-5-7-17/h3-14,24H,15H2,1-2H3. The third kappa shape index (κ3) is 4.79. The second-order valence-corrected chi connectivity index (χ2v) is 6.37. The molecule has 0 aliphatic heterocycles. The van der Waals surface area contributed by atoms with Crippen molar-refractivity contribution >= 4 is 23.1 Å². The monoisotopic (exact) mass is 359 g/mol. The Kier molecular flexibility index (Phi) is 5.61. The highest BCUT2D eigenvalue weighted by Gasteiger charge is 2.13. The molecule has 2 aromatic carbocycles. The quantitative estimate of drug-likeness (QED) is 0.667. The molecular weight excluding hydrogens is 338 g/mol. The van der Waals surface area contributed by atoms with E-state index in [2.05, 4.69) is 10.3 Å². The van der Waals surface area contributed by atoms with Crippen LogP contribution in [0.1, 0.15) is 33.2 Å². The second-order valence-electron chi connectivity index (χ2n) is 6.37. The van der Waals surface area contributed by atoms with Gasteiger partial charge in [-0.2, -0.15) is 0 Å². The molecule has 1 heterocycles. The van der Waals surface area contributed by atoms with Gasteiger partial charge < -0.3 is 10.2 Å². The minimum Gasteiger partial charge on any atom is -0.354 e. The summed E-state index contributed by atoms with van der Waals surface area (Å²) >= 11 is 0.